The van der Waals surface area contributed by atoms with Gasteiger partial charge < -0.3 is 0 Å². The Hall–Kier alpha value is -2.99. The molecule has 164 valence electrons. The Balaban J connectivity index is 1.48. The van der Waals surface area contributed by atoms with Gasteiger partial charge in [0, 0.05) is 11.1 Å². The van der Waals surface area contributed by atoms with Gasteiger partial charge >= 0.3 is 0 Å². The number of aryl methyl sites for hydroxylation is 2. The van der Waals surface area contributed by atoms with E-state index in [1.165, 1.54) is 23.3 Å². The van der Waals surface area contributed by atoms with E-state index >= 15 is 0 Å². The summed E-state index contributed by atoms with van der Waals surface area (Å²) in [6.07, 6.45) is 5.86. The summed E-state index contributed by atoms with van der Waals surface area (Å²) in [6, 6.07) is 15.8. The SMILES string of the molecule is CCCCCc1ccc(C2CCc3cc(C#Cc4ccc(F)cc4)ccc3C2)c(F)c1F. The number of hydrogen-bond acceptors (Lipinski definition) is 0. The zero-order valence-electron chi connectivity index (χ0n) is 18.4. The molecule has 0 spiro atoms. The summed E-state index contributed by atoms with van der Waals surface area (Å²) in [4.78, 5) is 0. The summed E-state index contributed by atoms with van der Waals surface area (Å²) in [7, 11) is 0. The largest absolute Gasteiger partial charge is 0.207 e. The molecular weight excluding hydrogens is 405 g/mol. The second kappa shape index (κ2) is 10.1. The molecule has 0 aliphatic heterocycles. The van der Waals surface area contributed by atoms with Crippen molar-refractivity contribution in [3.05, 3.63) is 105 Å². The molecule has 1 aliphatic carbocycles. The maximum Gasteiger partial charge on any atom is 0.162 e. The van der Waals surface area contributed by atoms with Crippen molar-refractivity contribution in [3.63, 3.8) is 0 Å². The van der Waals surface area contributed by atoms with E-state index < -0.39 is 11.6 Å². The molecule has 3 aromatic rings. The average molecular weight is 433 g/mol. The summed E-state index contributed by atoms with van der Waals surface area (Å²) in [5.74, 6) is 4.56. The van der Waals surface area contributed by atoms with Gasteiger partial charge in [-0.05, 0) is 96.7 Å². The first-order chi connectivity index (χ1) is 15.5. The predicted molar refractivity (Wildman–Crippen MR) is 123 cm³/mol. The maximum atomic E-state index is 14.9. The maximum absolute atomic E-state index is 14.9. The van der Waals surface area contributed by atoms with Crippen molar-refractivity contribution in [1.29, 1.82) is 0 Å². The number of hydrogen-bond donors (Lipinski definition) is 0. The molecule has 0 nitrogen and oxygen atoms in total. The van der Waals surface area contributed by atoms with Gasteiger partial charge in [0.25, 0.3) is 0 Å². The summed E-state index contributed by atoms with van der Waals surface area (Å²) in [6.45, 7) is 2.10. The molecule has 0 saturated carbocycles. The van der Waals surface area contributed by atoms with Crippen LogP contribution in [0.15, 0.2) is 54.6 Å². The van der Waals surface area contributed by atoms with Crippen LogP contribution in [-0.2, 0) is 19.3 Å². The average Bonchev–Trinajstić information content (AvgIpc) is 2.81. The Bertz CT molecular complexity index is 1150. The fourth-order valence-corrected chi connectivity index (χ4v) is 4.45. The highest BCUT2D eigenvalue weighted by Crippen LogP contribution is 2.35. The summed E-state index contributed by atoms with van der Waals surface area (Å²) in [5.41, 5.74) is 5.03. The molecule has 1 aliphatic rings. The van der Waals surface area contributed by atoms with E-state index in [2.05, 4.69) is 24.8 Å². The molecule has 1 atom stereocenters. The van der Waals surface area contributed by atoms with Gasteiger partial charge in [-0.15, -0.1) is 0 Å². The minimum absolute atomic E-state index is 0.0159. The fourth-order valence-electron chi connectivity index (χ4n) is 4.45. The second-order valence-electron chi connectivity index (χ2n) is 8.58. The quantitative estimate of drug-likeness (QED) is 0.289. The predicted octanol–water partition coefficient (Wildman–Crippen LogP) is 7.51. The summed E-state index contributed by atoms with van der Waals surface area (Å²) >= 11 is 0. The number of unbranched alkanes of at least 4 members (excludes halogenated alkanes) is 2. The monoisotopic (exact) mass is 432 g/mol. The zero-order chi connectivity index (χ0) is 22.5. The lowest BCUT2D eigenvalue weighted by Crippen LogP contribution is -2.15. The van der Waals surface area contributed by atoms with Crippen LogP contribution in [0.4, 0.5) is 13.2 Å². The molecule has 4 rings (SSSR count). The van der Waals surface area contributed by atoms with Crippen LogP contribution in [0.1, 0.15) is 71.9 Å². The van der Waals surface area contributed by atoms with E-state index in [-0.39, 0.29) is 11.7 Å². The van der Waals surface area contributed by atoms with E-state index in [0.29, 0.717) is 24.0 Å². The van der Waals surface area contributed by atoms with Crippen LogP contribution in [0.25, 0.3) is 0 Å². The summed E-state index contributed by atoms with van der Waals surface area (Å²) in [5, 5.41) is 0. The van der Waals surface area contributed by atoms with Crippen molar-refractivity contribution in [2.75, 3.05) is 0 Å². The van der Waals surface area contributed by atoms with Gasteiger partial charge in [-0.3, -0.25) is 0 Å². The lowest BCUT2D eigenvalue weighted by atomic mass is 9.79. The van der Waals surface area contributed by atoms with E-state index in [0.717, 1.165) is 43.2 Å². The molecule has 0 amide bonds. The number of rotatable bonds is 5. The van der Waals surface area contributed by atoms with Crippen molar-refractivity contribution >= 4 is 0 Å². The van der Waals surface area contributed by atoms with Crippen LogP contribution in [0.2, 0.25) is 0 Å². The van der Waals surface area contributed by atoms with Crippen LogP contribution in [-0.4, -0.2) is 0 Å². The third-order valence-corrected chi connectivity index (χ3v) is 6.31. The Labute approximate surface area is 188 Å². The third kappa shape index (κ3) is 5.07. The van der Waals surface area contributed by atoms with Crippen LogP contribution < -0.4 is 0 Å². The molecule has 0 N–H and O–H groups in total. The van der Waals surface area contributed by atoms with Gasteiger partial charge in [-0.2, -0.15) is 0 Å². The minimum atomic E-state index is -0.672. The lowest BCUT2D eigenvalue weighted by Gasteiger charge is -2.26. The standard InChI is InChI=1S/C29H27F3/c1-2-3-4-5-22-14-17-27(29(32)28(22)31)25-13-12-23-18-21(8-11-24(23)19-25)7-6-20-9-15-26(30)16-10-20/h8-11,14-18,25H,2-5,12-13,19H2,1H3. The van der Waals surface area contributed by atoms with Gasteiger partial charge in [0.05, 0.1) is 0 Å². The molecule has 0 aromatic heterocycles. The van der Waals surface area contributed by atoms with Gasteiger partial charge in [0.15, 0.2) is 11.6 Å². The smallest absolute Gasteiger partial charge is 0.162 e. The Morgan fingerprint density at radius 2 is 1.56 bits per heavy atom. The highest BCUT2D eigenvalue weighted by molar-refractivity contribution is 5.47. The van der Waals surface area contributed by atoms with E-state index in [1.54, 1.807) is 24.3 Å². The van der Waals surface area contributed by atoms with E-state index in [9.17, 15) is 13.2 Å². The van der Waals surface area contributed by atoms with Crippen molar-refractivity contribution < 1.29 is 13.2 Å². The molecule has 3 aromatic carbocycles. The van der Waals surface area contributed by atoms with Crippen molar-refractivity contribution in [2.24, 2.45) is 0 Å². The van der Waals surface area contributed by atoms with Crippen LogP contribution in [0.3, 0.4) is 0 Å². The Kier molecular flexibility index (Phi) is 7.00. The molecule has 0 fully saturated rings. The third-order valence-electron chi connectivity index (χ3n) is 6.31. The first kappa shape index (κ1) is 22.2. The highest BCUT2D eigenvalue weighted by Gasteiger charge is 2.25. The Morgan fingerprint density at radius 1 is 0.812 bits per heavy atom. The first-order valence-electron chi connectivity index (χ1n) is 11.4. The van der Waals surface area contributed by atoms with Crippen LogP contribution in [0, 0.1) is 29.3 Å². The molecule has 0 heterocycles. The van der Waals surface area contributed by atoms with Crippen molar-refractivity contribution in [2.45, 2.75) is 57.8 Å². The fraction of sp³-hybridized carbons (Fsp3) is 0.310. The van der Waals surface area contributed by atoms with Gasteiger partial charge in [0.2, 0.25) is 0 Å². The van der Waals surface area contributed by atoms with Crippen LogP contribution >= 0.6 is 0 Å². The molecule has 32 heavy (non-hydrogen) atoms. The second-order valence-corrected chi connectivity index (χ2v) is 8.58. The summed E-state index contributed by atoms with van der Waals surface area (Å²) < 4.78 is 42.5. The minimum Gasteiger partial charge on any atom is -0.207 e. The zero-order valence-corrected chi connectivity index (χ0v) is 18.4. The van der Waals surface area contributed by atoms with Gasteiger partial charge in [-0.1, -0.05) is 49.8 Å². The first-order valence-corrected chi connectivity index (χ1v) is 11.4. The number of benzene rings is 3. The van der Waals surface area contributed by atoms with Gasteiger partial charge in [0.1, 0.15) is 5.82 Å². The number of halogens is 3. The molecule has 0 bridgehead atoms. The van der Waals surface area contributed by atoms with Gasteiger partial charge in [-0.25, -0.2) is 13.2 Å². The number of fused-ring (bicyclic) bond motifs is 1. The molecular formula is C29H27F3. The van der Waals surface area contributed by atoms with Crippen molar-refractivity contribution in [3.8, 4) is 11.8 Å². The molecule has 1 unspecified atom stereocenters. The molecule has 3 heteroatoms. The Morgan fingerprint density at radius 3 is 2.34 bits per heavy atom. The molecule has 0 saturated heterocycles. The van der Waals surface area contributed by atoms with E-state index in [4.69, 9.17) is 0 Å². The lowest BCUT2D eigenvalue weighted by molar-refractivity contribution is 0.466. The normalized spacial score (nSPS) is 15.1. The highest BCUT2D eigenvalue weighted by atomic mass is 19.2. The van der Waals surface area contributed by atoms with E-state index in [1.807, 2.05) is 12.1 Å². The topological polar surface area (TPSA) is 0 Å². The van der Waals surface area contributed by atoms with Crippen molar-refractivity contribution in [1.82, 2.24) is 0 Å². The molecule has 0 radical (unpaired) electrons. The van der Waals surface area contributed by atoms with Crippen LogP contribution in [0.5, 0.6) is 0 Å².